The third kappa shape index (κ3) is 2.75. The maximum Gasteiger partial charge on any atom is 0.416 e. The summed E-state index contributed by atoms with van der Waals surface area (Å²) in [5.74, 6) is 0.652. The topological polar surface area (TPSA) is 35.0 Å². The molecule has 0 atom stereocenters. The molecule has 138 valence electrons. The zero-order chi connectivity index (χ0) is 19.3. The molecule has 0 unspecified atom stereocenters. The quantitative estimate of drug-likeness (QED) is 0.318. The number of halogens is 3. The molecule has 0 fully saturated rings. The first kappa shape index (κ1) is 16.9. The minimum Gasteiger partial charge on any atom is -0.456 e. The molecule has 0 saturated carbocycles. The molecule has 4 aromatic rings. The van der Waals surface area contributed by atoms with E-state index in [2.05, 4.69) is 4.98 Å². The van der Waals surface area contributed by atoms with Gasteiger partial charge in [0.1, 0.15) is 16.5 Å². The van der Waals surface area contributed by atoms with Crippen molar-refractivity contribution in [2.75, 3.05) is 0 Å². The normalized spacial score (nSPS) is 12.4. The fraction of sp³-hybridized carbons (Fsp3) is 0.0476. The van der Waals surface area contributed by atoms with Crippen LogP contribution in [-0.2, 0) is 6.18 Å². The highest BCUT2D eigenvalue weighted by Crippen LogP contribution is 2.51. The molecule has 0 N–H and O–H groups in total. The number of para-hydroxylation sites is 1. The average molecular weight is 396 g/mol. The van der Waals surface area contributed by atoms with E-state index < -0.39 is 11.7 Å². The Morgan fingerprint density at radius 1 is 0.857 bits per heavy atom. The van der Waals surface area contributed by atoms with Gasteiger partial charge >= 0.3 is 6.18 Å². The second-order valence-electron chi connectivity index (χ2n) is 6.24. The summed E-state index contributed by atoms with van der Waals surface area (Å²) in [6.07, 6.45) is -1.08. The molecule has 28 heavy (non-hydrogen) atoms. The lowest BCUT2D eigenvalue weighted by molar-refractivity contribution is -0.137. The number of hydrogen-bond acceptors (Lipinski definition) is 4. The highest BCUT2D eigenvalue weighted by atomic mass is 32.1. The van der Waals surface area contributed by atoms with Gasteiger partial charge in [-0.2, -0.15) is 13.2 Å². The van der Waals surface area contributed by atoms with Gasteiger partial charge in [0.05, 0.1) is 16.1 Å². The summed E-state index contributed by atoms with van der Waals surface area (Å²) < 4.78 is 45.5. The van der Waals surface area contributed by atoms with E-state index in [9.17, 15) is 13.2 Å². The van der Waals surface area contributed by atoms with Gasteiger partial charge in [-0.25, -0.2) is 4.98 Å². The number of thiazole rings is 1. The zero-order valence-corrected chi connectivity index (χ0v) is 15.0. The monoisotopic (exact) mass is 396 g/mol. The summed E-state index contributed by atoms with van der Waals surface area (Å²) in [4.78, 5) is 9.63. The van der Waals surface area contributed by atoms with Crippen LogP contribution in [0.15, 0.2) is 67.0 Å². The van der Waals surface area contributed by atoms with Crippen LogP contribution in [0.4, 0.5) is 13.2 Å². The van der Waals surface area contributed by atoms with Crippen molar-refractivity contribution in [2.24, 2.45) is 0 Å². The van der Waals surface area contributed by atoms with Crippen LogP contribution in [0.25, 0.3) is 32.3 Å². The zero-order valence-electron chi connectivity index (χ0n) is 14.2. The Kier molecular flexibility index (Phi) is 3.73. The molecule has 0 radical (unpaired) electrons. The molecule has 0 aliphatic carbocycles. The van der Waals surface area contributed by atoms with Gasteiger partial charge in [-0.15, -0.1) is 11.3 Å². The highest BCUT2D eigenvalue weighted by Gasteiger charge is 2.33. The molecule has 0 saturated heterocycles. The molecular formula is C21H11F3N2OS. The number of benzene rings is 2. The van der Waals surface area contributed by atoms with E-state index in [1.165, 1.54) is 17.4 Å². The Balaban J connectivity index is 1.77. The minimum atomic E-state index is -4.45. The Labute approximate surface area is 162 Å². The van der Waals surface area contributed by atoms with Crippen molar-refractivity contribution in [3.05, 3.63) is 72.6 Å². The van der Waals surface area contributed by atoms with E-state index in [4.69, 9.17) is 9.72 Å². The molecule has 0 bridgehead atoms. The Morgan fingerprint density at radius 2 is 1.64 bits per heavy atom. The van der Waals surface area contributed by atoms with Crippen molar-refractivity contribution in [1.82, 2.24) is 9.97 Å². The number of aromatic nitrogens is 2. The van der Waals surface area contributed by atoms with E-state index in [0.29, 0.717) is 17.0 Å². The van der Waals surface area contributed by atoms with E-state index in [1.807, 2.05) is 24.3 Å². The second-order valence-corrected chi connectivity index (χ2v) is 7.24. The van der Waals surface area contributed by atoms with Crippen LogP contribution in [0, 0.1) is 0 Å². The molecule has 3 nitrogen and oxygen atoms in total. The summed E-state index contributed by atoms with van der Waals surface area (Å²) >= 11 is 1.48. The van der Waals surface area contributed by atoms with E-state index in [1.54, 1.807) is 24.5 Å². The second kappa shape index (κ2) is 6.17. The van der Waals surface area contributed by atoms with E-state index in [-0.39, 0.29) is 5.75 Å². The first-order valence-corrected chi connectivity index (χ1v) is 9.22. The van der Waals surface area contributed by atoms with Gasteiger partial charge < -0.3 is 4.74 Å². The van der Waals surface area contributed by atoms with Gasteiger partial charge in [0.15, 0.2) is 0 Å². The average Bonchev–Trinajstić information content (AvgIpc) is 3.08. The van der Waals surface area contributed by atoms with Gasteiger partial charge in [0.25, 0.3) is 0 Å². The van der Waals surface area contributed by atoms with Crippen LogP contribution >= 0.6 is 11.3 Å². The Hall–Kier alpha value is -3.19. The number of alkyl halides is 3. The molecule has 2 aromatic carbocycles. The van der Waals surface area contributed by atoms with Crippen molar-refractivity contribution in [2.45, 2.75) is 6.18 Å². The van der Waals surface area contributed by atoms with Crippen LogP contribution < -0.4 is 4.74 Å². The largest absolute Gasteiger partial charge is 0.456 e. The molecule has 3 heterocycles. The standard InChI is InChI=1S/C21H11F3N2OS/c22-21(23,24)13-5-6-14-17(11-13)27-16-4-2-1-3-15(16)19-18(14)26-20(28-19)12-7-9-25-10-8-12/h1-11H. The predicted octanol–water partition coefficient (Wildman–Crippen LogP) is 6.66. The van der Waals surface area contributed by atoms with Crippen molar-refractivity contribution in [1.29, 1.82) is 0 Å². The van der Waals surface area contributed by atoms with Crippen molar-refractivity contribution in [3.8, 4) is 43.8 Å². The predicted molar refractivity (Wildman–Crippen MR) is 101 cm³/mol. The summed E-state index contributed by atoms with van der Waals surface area (Å²) in [7, 11) is 0. The summed E-state index contributed by atoms with van der Waals surface area (Å²) in [5.41, 5.74) is 2.11. The lowest BCUT2D eigenvalue weighted by Crippen LogP contribution is -2.05. The van der Waals surface area contributed by atoms with E-state index in [0.717, 1.165) is 33.1 Å². The number of nitrogens with zero attached hydrogens (tertiary/aromatic N) is 2. The first-order chi connectivity index (χ1) is 13.5. The number of ether oxygens (including phenoxy) is 1. The van der Waals surface area contributed by atoms with E-state index >= 15 is 0 Å². The molecule has 0 spiro atoms. The Bertz CT molecular complexity index is 1190. The van der Waals surface area contributed by atoms with Crippen LogP contribution in [0.2, 0.25) is 0 Å². The summed E-state index contributed by atoms with van der Waals surface area (Å²) in [5, 5.41) is 0.773. The number of rotatable bonds is 1. The molecular weight excluding hydrogens is 385 g/mol. The van der Waals surface area contributed by atoms with Crippen LogP contribution in [0.5, 0.6) is 11.5 Å². The summed E-state index contributed by atoms with van der Waals surface area (Å²) in [6, 6.07) is 14.5. The number of fused-ring (bicyclic) bond motifs is 5. The third-order valence-electron chi connectivity index (χ3n) is 4.47. The fourth-order valence-electron chi connectivity index (χ4n) is 3.14. The van der Waals surface area contributed by atoms with Gasteiger partial charge in [-0.1, -0.05) is 12.1 Å². The molecule has 0 amide bonds. The minimum absolute atomic E-state index is 0.146. The Morgan fingerprint density at radius 3 is 2.43 bits per heavy atom. The van der Waals surface area contributed by atoms with Crippen molar-refractivity contribution in [3.63, 3.8) is 0 Å². The molecule has 1 aliphatic rings. The van der Waals surface area contributed by atoms with Crippen molar-refractivity contribution >= 4 is 11.3 Å². The fourth-order valence-corrected chi connectivity index (χ4v) is 4.26. The SMILES string of the molecule is FC(F)(F)c1ccc2c(c1)Oc1ccccc1-c1sc(-c3ccncc3)nc1-2. The highest BCUT2D eigenvalue weighted by molar-refractivity contribution is 7.19. The molecule has 5 rings (SSSR count). The summed E-state index contributed by atoms with van der Waals surface area (Å²) in [6.45, 7) is 0. The van der Waals surface area contributed by atoms with Gasteiger partial charge in [0, 0.05) is 29.1 Å². The molecule has 1 aliphatic heterocycles. The van der Waals surface area contributed by atoms with Gasteiger partial charge in [-0.3, -0.25) is 4.98 Å². The van der Waals surface area contributed by atoms with Gasteiger partial charge in [-0.05, 0) is 42.5 Å². The molecule has 2 aromatic heterocycles. The first-order valence-electron chi connectivity index (χ1n) is 8.41. The third-order valence-corrected chi connectivity index (χ3v) is 5.61. The van der Waals surface area contributed by atoms with Crippen molar-refractivity contribution < 1.29 is 17.9 Å². The lowest BCUT2D eigenvalue weighted by atomic mass is 10.0. The molecule has 7 heteroatoms. The van der Waals surface area contributed by atoms with Gasteiger partial charge in [0.2, 0.25) is 0 Å². The smallest absolute Gasteiger partial charge is 0.416 e. The van der Waals surface area contributed by atoms with Crippen LogP contribution in [0.1, 0.15) is 5.56 Å². The number of pyridine rings is 1. The number of hydrogen-bond donors (Lipinski definition) is 0. The lowest BCUT2D eigenvalue weighted by Gasteiger charge is -2.12. The maximum atomic E-state index is 13.2. The van der Waals surface area contributed by atoms with Crippen LogP contribution in [0.3, 0.4) is 0 Å². The van der Waals surface area contributed by atoms with Crippen LogP contribution in [-0.4, -0.2) is 9.97 Å². The maximum absolute atomic E-state index is 13.2.